The zero-order valence-electron chi connectivity index (χ0n) is 6.97. The molecule has 1 atom stereocenters. The first kappa shape index (κ1) is 9.36. The van der Waals surface area contributed by atoms with Crippen molar-refractivity contribution in [1.82, 2.24) is 0 Å². The molecule has 1 aromatic rings. The number of aliphatic hydroxyl groups is 1. The van der Waals surface area contributed by atoms with E-state index >= 15 is 0 Å². The normalized spacial score (nSPS) is 13.5. The standard InChI is InChI=1S/C10H12OS/c1-9(11)7-8-12-10-5-3-2-4-6-10/h2-9,11H,1H3/b8-7+/t9-/m1/s1. The van der Waals surface area contributed by atoms with Gasteiger partial charge in [-0.25, -0.2) is 0 Å². The molecule has 0 radical (unpaired) electrons. The Morgan fingerprint density at radius 3 is 2.58 bits per heavy atom. The van der Waals surface area contributed by atoms with E-state index in [1.165, 1.54) is 4.90 Å². The average molecular weight is 180 g/mol. The monoisotopic (exact) mass is 180 g/mol. The van der Waals surface area contributed by atoms with Gasteiger partial charge in [-0.2, -0.15) is 0 Å². The summed E-state index contributed by atoms with van der Waals surface area (Å²) in [6.45, 7) is 1.74. The smallest absolute Gasteiger partial charge is 0.0700 e. The molecule has 1 rings (SSSR count). The molecule has 1 N–H and O–H groups in total. The Morgan fingerprint density at radius 2 is 2.00 bits per heavy atom. The lowest BCUT2D eigenvalue weighted by molar-refractivity contribution is 0.244. The third-order valence-corrected chi connectivity index (χ3v) is 2.14. The largest absolute Gasteiger partial charge is 0.389 e. The molecular formula is C10H12OS. The highest BCUT2D eigenvalue weighted by Gasteiger charge is 1.88. The summed E-state index contributed by atoms with van der Waals surface area (Å²) in [7, 11) is 0. The van der Waals surface area contributed by atoms with E-state index in [0.717, 1.165) is 0 Å². The molecule has 0 saturated carbocycles. The minimum atomic E-state index is -0.360. The first-order valence-electron chi connectivity index (χ1n) is 3.85. The van der Waals surface area contributed by atoms with Crippen LogP contribution in [0.4, 0.5) is 0 Å². The van der Waals surface area contributed by atoms with Gasteiger partial charge in [0.1, 0.15) is 0 Å². The number of thioether (sulfide) groups is 1. The van der Waals surface area contributed by atoms with E-state index in [4.69, 9.17) is 5.11 Å². The van der Waals surface area contributed by atoms with Crippen LogP contribution in [0.1, 0.15) is 6.92 Å². The molecule has 1 aromatic carbocycles. The first-order valence-corrected chi connectivity index (χ1v) is 4.73. The van der Waals surface area contributed by atoms with Gasteiger partial charge in [0, 0.05) is 4.90 Å². The summed E-state index contributed by atoms with van der Waals surface area (Å²) in [6, 6.07) is 10.1. The summed E-state index contributed by atoms with van der Waals surface area (Å²) in [5, 5.41) is 10.8. The number of rotatable bonds is 3. The Morgan fingerprint density at radius 1 is 1.33 bits per heavy atom. The van der Waals surface area contributed by atoms with Gasteiger partial charge in [0.25, 0.3) is 0 Å². The van der Waals surface area contributed by atoms with Crippen molar-refractivity contribution in [2.45, 2.75) is 17.9 Å². The Kier molecular flexibility index (Phi) is 3.91. The zero-order chi connectivity index (χ0) is 8.81. The molecule has 0 aliphatic carbocycles. The number of hydrogen-bond donors (Lipinski definition) is 1. The predicted molar refractivity (Wildman–Crippen MR) is 53.1 cm³/mol. The number of benzene rings is 1. The third kappa shape index (κ3) is 3.60. The maximum Gasteiger partial charge on any atom is 0.0700 e. The van der Waals surface area contributed by atoms with Crippen LogP contribution in [0.3, 0.4) is 0 Å². The van der Waals surface area contributed by atoms with E-state index in [9.17, 15) is 0 Å². The maximum atomic E-state index is 8.93. The van der Waals surface area contributed by atoms with Crippen LogP contribution in [0.5, 0.6) is 0 Å². The summed E-state index contributed by atoms with van der Waals surface area (Å²) < 4.78 is 0. The van der Waals surface area contributed by atoms with Gasteiger partial charge in [0.15, 0.2) is 0 Å². The van der Waals surface area contributed by atoms with Crippen molar-refractivity contribution in [3.63, 3.8) is 0 Å². The van der Waals surface area contributed by atoms with E-state index in [1.54, 1.807) is 24.8 Å². The minimum Gasteiger partial charge on any atom is -0.389 e. The van der Waals surface area contributed by atoms with Crippen molar-refractivity contribution in [3.8, 4) is 0 Å². The molecular weight excluding hydrogens is 168 g/mol. The fourth-order valence-corrected chi connectivity index (χ4v) is 1.51. The van der Waals surface area contributed by atoms with Crippen molar-refractivity contribution in [2.75, 3.05) is 0 Å². The van der Waals surface area contributed by atoms with Crippen molar-refractivity contribution < 1.29 is 5.11 Å². The van der Waals surface area contributed by atoms with Crippen molar-refractivity contribution in [3.05, 3.63) is 41.8 Å². The van der Waals surface area contributed by atoms with Gasteiger partial charge >= 0.3 is 0 Å². The first-order chi connectivity index (χ1) is 5.79. The molecule has 2 heteroatoms. The second-order valence-corrected chi connectivity index (χ2v) is 3.48. The highest BCUT2D eigenvalue weighted by molar-refractivity contribution is 8.02. The van der Waals surface area contributed by atoms with Gasteiger partial charge < -0.3 is 5.11 Å². The minimum absolute atomic E-state index is 0.360. The van der Waals surface area contributed by atoms with Gasteiger partial charge in [0.05, 0.1) is 6.10 Å². The van der Waals surface area contributed by atoms with Gasteiger partial charge in [-0.05, 0) is 30.5 Å². The van der Waals surface area contributed by atoms with Crippen molar-refractivity contribution in [1.29, 1.82) is 0 Å². The van der Waals surface area contributed by atoms with Crippen LogP contribution in [-0.2, 0) is 0 Å². The lowest BCUT2D eigenvalue weighted by Crippen LogP contribution is -1.90. The molecule has 12 heavy (non-hydrogen) atoms. The van der Waals surface area contributed by atoms with E-state index in [-0.39, 0.29) is 6.10 Å². The van der Waals surface area contributed by atoms with Crippen LogP contribution in [0, 0.1) is 0 Å². The van der Waals surface area contributed by atoms with Gasteiger partial charge in [-0.3, -0.25) is 0 Å². The van der Waals surface area contributed by atoms with Crippen molar-refractivity contribution in [2.24, 2.45) is 0 Å². The number of hydrogen-bond acceptors (Lipinski definition) is 2. The van der Waals surface area contributed by atoms with E-state index in [1.807, 2.05) is 35.7 Å². The SMILES string of the molecule is C[C@@H](O)/C=C/Sc1ccccc1. The van der Waals surface area contributed by atoms with Crippen LogP contribution < -0.4 is 0 Å². The Labute approximate surface area is 77.1 Å². The summed E-state index contributed by atoms with van der Waals surface area (Å²) in [4.78, 5) is 1.19. The van der Waals surface area contributed by atoms with Gasteiger partial charge in [-0.15, -0.1) is 0 Å². The fraction of sp³-hybridized carbons (Fsp3) is 0.200. The quantitative estimate of drug-likeness (QED) is 0.722. The summed E-state index contributed by atoms with van der Waals surface area (Å²) >= 11 is 1.61. The van der Waals surface area contributed by atoms with E-state index < -0.39 is 0 Å². The van der Waals surface area contributed by atoms with Crippen LogP contribution >= 0.6 is 11.8 Å². The molecule has 0 saturated heterocycles. The van der Waals surface area contributed by atoms with Crippen LogP contribution in [0.15, 0.2) is 46.7 Å². The molecule has 0 spiro atoms. The zero-order valence-corrected chi connectivity index (χ0v) is 7.79. The van der Waals surface area contributed by atoms with Gasteiger partial charge in [-0.1, -0.05) is 30.0 Å². The summed E-state index contributed by atoms with van der Waals surface area (Å²) in [6.07, 6.45) is 1.40. The molecule has 0 bridgehead atoms. The molecule has 1 nitrogen and oxygen atoms in total. The highest BCUT2D eigenvalue weighted by atomic mass is 32.2. The molecule has 0 aliphatic rings. The topological polar surface area (TPSA) is 20.2 Å². The molecule has 0 aliphatic heterocycles. The maximum absolute atomic E-state index is 8.93. The molecule has 0 aromatic heterocycles. The Hall–Kier alpha value is -0.730. The highest BCUT2D eigenvalue weighted by Crippen LogP contribution is 2.17. The van der Waals surface area contributed by atoms with E-state index in [0.29, 0.717) is 0 Å². The summed E-state index contributed by atoms with van der Waals surface area (Å²) in [5.74, 6) is 0. The van der Waals surface area contributed by atoms with Crippen molar-refractivity contribution >= 4 is 11.8 Å². The molecule has 64 valence electrons. The third-order valence-electron chi connectivity index (χ3n) is 1.30. The van der Waals surface area contributed by atoms with Crippen LogP contribution in [0.25, 0.3) is 0 Å². The molecule has 0 unspecified atom stereocenters. The van der Waals surface area contributed by atoms with Gasteiger partial charge in [0.2, 0.25) is 0 Å². The lowest BCUT2D eigenvalue weighted by atomic mass is 10.4. The van der Waals surface area contributed by atoms with E-state index in [2.05, 4.69) is 0 Å². The molecule has 0 amide bonds. The predicted octanol–water partition coefficient (Wildman–Crippen LogP) is 2.67. The molecule has 0 heterocycles. The second kappa shape index (κ2) is 5.01. The molecule has 0 fully saturated rings. The summed E-state index contributed by atoms with van der Waals surface area (Å²) in [5.41, 5.74) is 0. The Bertz CT molecular complexity index is 241. The lowest BCUT2D eigenvalue weighted by Gasteiger charge is -1.95. The second-order valence-electron chi connectivity index (χ2n) is 2.50. The van der Waals surface area contributed by atoms with Crippen LogP contribution in [0.2, 0.25) is 0 Å². The average Bonchev–Trinajstić information content (AvgIpc) is 2.05. The van der Waals surface area contributed by atoms with Crippen LogP contribution in [-0.4, -0.2) is 11.2 Å². The Balaban J connectivity index is 2.43. The fourth-order valence-electron chi connectivity index (χ4n) is 0.731. The number of aliphatic hydroxyl groups excluding tert-OH is 1.